The van der Waals surface area contributed by atoms with E-state index in [9.17, 15) is 18.0 Å². The van der Waals surface area contributed by atoms with E-state index in [-0.39, 0.29) is 40.6 Å². The summed E-state index contributed by atoms with van der Waals surface area (Å²) in [7, 11) is 1.24. The lowest BCUT2D eigenvalue weighted by Gasteiger charge is -2.32. The van der Waals surface area contributed by atoms with Crippen molar-refractivity contribution in [1.82, 2.24) is 10.2 Å². The van der Waals surface area contributed by atoms with Crippen molar-refractivity contribution in [2.45, 2.75) is 44.3 Å². The standard InChI is InChI=1S/C31H38BrN3O8S/c1-20(2)33-31(37)21(3)34(18-22-8-10-23(32)11-9-22)30(36)19-35(26-16-24(40-4)12-14-27(26)41-5)44(38,39)25-13-15-28(42-6)29(17-25)43-7/h8-17,20-21H,18-19H2,1-7H3,(H,33,37)/t21-/m0/s1. The first kappa shape index (κ1) is 34.5. The number of amides is 2. The van der Waals surface area contributed by atoms with Crippen LogP contribution in [0.1, 0.15) is 26.3 Å². The van der Waals surface area contributed by atoms with E-state index in [1.165, 1.54) is 57.6 Å². The number of carbonyl (C=O) groups excluding carboxylic acids is 2. The Labute approximate surface area is 267 Å². The van der Waals surface area contributed by atoms with Crippen LogP contribution >= 0.6 is 15.9 Å². The second-order valence-corrected chi connectivity index (χ2v) is 12.8. The van der Waals surface area contributed by atoms with Crippen molar-refractivity contribution in [3.05, 3.63) is 70.7 Å². The summed E-state index contributed by atoms with van der Waals surface area (Å²) in [5, 5.41) is 2.84. The molecule has 3 aromatic carbocycles. The Hall–Kier alpha value is -3.97. The summed E-state index contributed by atoms with van der Waals surface area (Å²) in [5.74, 6) is 0.0591. The number of rotatable bonds is 14. The molecule has 0 spiro atoms. The van der Waals surface area contributed by atoms with Crippen molar-refractivity contribution in [3.63, 3.8) is 0 Å². The van der Waals surface area contributed by atoms with Gasteiger partial charge in [0.25, 0.3) is 10.0 Å². The molecule has 3 rings (SSSR count). The van der Waals surface area contributed by atoms with Gasteiger partial charge in [-0.3, -0.25) is 13.9 Å². The van der Waals surface area contributed by atoms with Crippen LogP contribution < -0.4 is 28.6 Å². The van der Waals surface area contributed by atoms with Crippen LogP contribution in [0.25, 0.3) is 0 Å². The molecule has 0 bridgehead atoms. The number of hydrogen-bond donors (Lipinski definition) is 1. The van der Waals surface area contributed by atoms with Crippen molar-refractivity contribution in [1.29, 1.82) is 0 Å². The maximum atomic E-state index is 14.3. The molecule has 1 N–H and O–H groups in total. The van der Waals surface area contributed by atoms with Crippen molar-refractivity contribution in [2.75, 3.05) is 39.3 Å². The number of nitrogens with zero attached hydrogens (tertiary/aromatic N) is 2. The summed E-state index contributed by atoms with van der Waals surface area (Å²) in [4.78, 5) is 28.5. The predicted molar refractivity (Wildman–Crippen MR) is 171 cm³/mol. The molecule has 2 amide bonds. The number of methoxy groups -OCH3 is 4. The molecular weight excluding hydrogens is 654 g/mol. The fourth-order valence-electron chi connectivity index (χ4n) is 4.38. The molecule has 238 valence electrons. The fraction of sp³-hybridized carbons (Fsp3) is 0.355. The molecule has 0 saturated carbocycles. The molecule has 0 aliphatic rings. The molecule has 0 aliphatic heterocycles. The quantitative estimate of drug-likeness (QED) is 0.260. The lowest BCUT2D eigenvalue weighted by Crippen LogP contribution is -2.52. The third kappa shape index (κ3) is 8.14. The van der Waals surface area contributed by atoms with E-state index in [0.29, 0.717) is 11.5 Å². The first-order valence-electron chi connectivity index (χ1n) is 13.7. The lowest BCUT2D eigenvalue weighted by molar-refractivity contribution is -0.139. The van der Waals surface area contributed by atoms with Gasteiger partial charge in [0.1, 0.15) is 24.1 Å². The summed E-state index contributed by atoms with van der Waals surface area (Å²) in [6, 6.07) is 15.0. The van der Waals surface area contributed by atoms with Gasteiger partial charge in [0.15, 0.2) is 11.5 Å². The number of anilines is 1. The number of ether oxygens (including phenoxy) is 4. The molecule has 0 radical (unpaired) electrons. The zero-order chi connectivity index (χ0) is 32.6. The average molecular weight is 693 g/mol. The normalized spacial score (nSPS) is 11.8. The second-order valence-electron chi connectivity index (χ2n) is 10.1. The molecule has 13 heteroatoms. The van der Waals surface area contributed by atoms with Gasteiger partial charge in [-0.05, 0) is 62.7 Å². The van der Waals surface area contributed by atoms with Crippen molar-refractivity contribution < 1.29 is 37.0 Å². The third-order valence-electron chi connectivity index (χ3n) is 6.74. The number of nitrogens with one attached hydrogen (secondary N) is 1. The molecule has 0 fully saturated rings. The van der Waals surface area contributed by atoms with E-state index >= 15 is 0 Å². The van der Waals surface area contributed by atoms with Gasteiger partial charge in [0.05, 0.1) is 39.0 Å². The van der Waals surface area contributed by atoms with E-state index < -0.39 is 28.5 Å². The first-order chi connectivity index (χ1) is 20.9. The van der Waals surface area contributed by atoms with Crippen molar-refractivity contribution in [2.24, 2.45) is 0 Å². The third-order valence-corrected chi connectivity index (χ3v) is 9.03. The van der Waals surface area contributed by atoms with Gasteiger partial charge < -0.3 is 29.2 Å². The first-order valence-corrected chi connectivity index (χ1v) is 15.9. The van der Waals surface area contributed by atoms with Crippen LogP contribution in [0, 0.1) is 0 Å². The average Bonchev–Trinajstić information content (AvgIpc) is 3.01. The lowest BCUT2D eigenvalue weighted by atomic mass is 10.1. The van der Waals surface area contributed by atoms with Crippen LogP contribution in [-0.2, 0) is 26.2 Å². The SMILES string of the molecule is COc1ccc(OC)c(N(CC(=O)N(Cc2ccc(Br)cc2)[C@@H](C)C(=O)NC(C)C)S(=O)(=O)c2ccc(OC)c(OC)c2)c1. The molecule has 0 aliphatic carbocycles. The van der Waals surface area contributed by atoms with E-state index in [2.05, 4.69) is 21.2 Å². The van der Waals surface area contributed by atoms with Crippen molar-refractivity contribution in [3.8, 4) is 23.0 Å². The summed E-state index contributed by atoms with van der Waals surface area (Å²) in [6.45, 7) is 4.64. The molecule has 3 aromatic rings. The zero-order valence-electron chi connectivity index (χ0n) is 25.8. The van der Waals surface area contributed by atoms with Gasteiger partial charge >= 0.3 is 0 Å². The minimum Gasteiger partial charge on any atom is -0.497 e. The smallest absolute Gasteiger partial charge is 0.265 e. The Balaban J connectivity index is 2.17. The Bertz CT molecular complexity index is 1560. The molecule has 44 heavy (non-hydrogen) atoms. The van der Waals surface area contributed by atoms with Crippen LogP contribution in [0.2, 0.25) is 0 Å². The minimum absolute atomic E-state index is 0.0539. The Morgan fingerprint density at radius 3 is 2.00 bits per heavy atom. The fourth-order valence-corrected chi connectivity index (χ4v) is 6.08. The zero-order valence-corrected chi connectivity index (χ0v) is 28.2. The second kappa shape index (κ2) is 15.2. The van der Waals surface area contributed by atoms with Crippen LogP contribution in [0.5, 0.6) is 23.0 Å². The van der Waals surface area contributed by atoms with E-state index in [1.807, 2.05) is 38.1 Å². The van der Waals surface area contributed by atoms with Gasteiger partial charge in [0, 0.05) is 29.2 Å². The monoisotopic (exact) mass is 691 g/mol. The van der Waals surface area contributed by atoms with Gasteiger partial charge in [-0.15, -0.1) is 0 Å². The van der Waals surface area contributed by atoms with Gasteiger partial charge in [-0.2, -0.15) is 0 Å². The highest BCUT2D eigenvalue weighted by Gasteiger charge is 2.34. The number of halogens is 1. The highest BCUT2D eigenvalue weighted by Crippen LogP contribution is 2.37. The van der Waals surface area contributed by atoms with Gasteiger partial charge in [0.2, 0.25) is 11.8 Å². The number of benzene rings is 3. The summed E-state index contributed by atoms with van der Waals surface area (Å²) in [6.07, 6.45) is 0. The van der Waals surface area contributed by atoms with Gasteiger partial charge in [-0.1, -0.05) is 28.1 Å². The topological polar surface area (TPSA) is 124 Å². The molecule has 0 aromatic heterocycles. The van der Waals surface area contributed by atoms with Crippen LogP contribution in [0.15, 0.2) is 70.0 Å². The maximum absolute atomic E-state index is 14.3. The number of sulfonamides is 1. The van der Waals surface area contributed by atoms with Crippen LogP contribution in [-0.4, -0.2) is 72.2 Å². The number of hydrogen-bond acceptors (Lipinski definition) is 8. The Morgan fingerprint density at radius 2 is 1.43 bits per heavy atom. The minimum atomic E-state index is -4.43. The van der Waals surface area contributed by atoms with E-state index in [4.69, 9.17) is 18.9 Å². The Morgan fingerprint density at radius 1 is 0.818 bits per heavy atom. The van der Waals surface area contributed by atoms with E-state index in [0.717, 1.165) is 14.3 Å². The molecular formula is C31H38BrN3O8S. The van der Waals surface area contributed by atoms with Gasteiger partial charge in [-0.25, -0.2) is 8.42 Å². The largest absolute Gasteiger partial charge is 0.497 e. The predicted octanol–water partition coefficient (Wildman–Crippen LogP) is 4.62. The number of carbonyl (C=O) groups is 2. The Kier molecular flexibility index (Phi) is 11.9. The molecule has 0 saturated heterocycles. The van der Waals surface area contributed by atoms with Crippen molar-refractivity contribution >= 4 is 43.5 Å². The molecule has 1 atom stereocenters. The summed E-state index contributed by atoms with van der Waals surface area (Å²) < 4.78 is 52.0. The summed E-state index contributed by atoms with van der Waals surface area (Å²) >= 11 is 3.41. The van der Waals surface area contributed by atoms with E-state index in [1.54, 1.807) is 19.1 Å². The molecule has 0 heterocycles. The van der Waals surface area contributed by atoms with Crippen LogP contribution in [0.3, 0.4) is 0 Å². The summed E-state index contributed by atoms with van der Waals surface area (Å²) in [5.41, 5.74) is 0.817. The molecule has 0 unspecified atom stereocenters. The highest BCUT2D eigenvalue weighted by molar-refractivity contribution is 9.10. The maximum Gasteiger partial charge on any atom is 0.265 e. The van der Waals surface area contributed by atoms with Crippen LogP contribution in [0.4, 0.5) is 5.69 Å². The highest BCUT2D eigenvalue weighted by atomic mass is 79.9. The molecule has 11 nitrogen and oxygen atoms in total.